The highest BCUT2D eigenvalue weighted by molar-refractivity contribution is 8.00. The van der Waals surface area contributed by atoms with E-state index in [1.165, 1.54) is 0 Å². The Labute approximate surface area is 234 Å². The van der Waals surface area contributed by atoms with Crippen molar-refractivity contribution in [1.29, 1.82) is 5.26 Å². The van der Waals surface area contributed by atoms with Crippen molar-refractivity contribution in [1.82, 2.24) is 10.3 Å². The van der Waals surface area contributed by atoms with E-state index in [1.54, 1.807) is 47.5 Å². The standard InChI is InChI=1S/C30H22N4O5S/c1-17-13-21(39-20-7-4-5-18(14-20)16-38-24-8-3-2-6-19(24)15-31)9-10-22(17)34-23-11-12-32-28-25(23)26(33-30(34)37)27(40-28)29(35)36/h2-14,26-27H,16H2,1H3,(H,33,37)(H,35,36). The summed E-state index contributed by atoms with van der Waals surface area (Å²) in [5, 5.41) is 21.6. The number of hydrogen-bond acceptors (Lipinski definition) is 7. The van der Waals surface area contributed by atoms with Gasteiger partial charge in [-0.1, -0.05) is 36.0 Å². The average molecular weight is 551 g/mol. The van der Waals surface area contributed by atoms with Gasteiger partial charge in [0.25, 0.3) is 0 Å². The second-order valence-corrected chi connectivity index (χ2v) is 10.4. The number of benzene rings is 3. The quantitative estimate of drug-likeness (QED) is 0.283. The average Bonchev–Trinajstić information content (AvgIpc) is 3.33. The molecule has 2 N–H and O–H groups in total. The number of anilines is 2. The Hall–Kier alpha value is -5.01. The Kier molecular flexibility index (Phi) is 6.50. The van der Waals surface area contributed by atoms with E-state index >= 15 is 0 Å². The minimum absolute atomic E-state index is 0.274. The molecule has 40 heavy (non-hydrogen) atoms. The molecule has 198 valence electrons. The summed E-state index contributed by atoms with van der Waals surface area (Å²) in [7, 11) is 0. The smallest absolute Gasteiger partial charge is 0.327 e. The number of carbonyl (C=O) groups excluding carboxylic acids is 1. The molecule has 3 heterocycles. The lowest BCUT2D eigenvalue weighted by molar-refractivity contribution is -0.136. The maximum atomic E-state index is 13.2. The third-order valence-electron chi connectivity index (χ3n) is 6.69. The van der Waals surface area contributed by atoms with Crippen LogP contribution in [-0.2, 0) is 11.4 Å². The van der Waals surface area contributed by atoms with Gasteiger partial charge in [0.2, 0.25) is 0 Å². The highest BCUT2D eigenvalue weighted by atomic mass is 32.2. The summed E-state index contributed by atoms with van der Waals surface area (Å²) in [5.41, 5.74) is 4.14. The molecule has 9 nitrogen and oxygen atoms in total. The number of urea groups is 1. The number of rotatable bonds is 7. The van der Waals surface area contributed by atoms with Crippen LogP contribution in [-0.4, -0.2) is 27.3 Å². The Balaban J connectivity index is 1.22. The van der Waals surface area contributed by atoms with E-state index in [2.05, 4.69) is 16.4 Å². The van der Waals surface area contributed by atoms with E-state index in [9.17, 15) is 20.0 Å². The molecule has 10 heteroatoms. The lowest BCUT2D eigenvalue weighted by Crippen LogP contribution is -2.47. The third-order valence-corrected chi connectivity index (χ3v) is 7.97. The predicted octanol–water partition coefficient (Wildman–Crippen LogP) is 6.09. The van der Waals surface area contributed by atoms with Crippen molar-refractivity contribution in [3.8, 4) is 23.3 Å². The first-order chi connectivity index (χ1) is 19.4. The number of carboxylic acids is 1. The van der Waals surface area contributed by atoms with E-state index in [0.717, 1.165) is 28.5 Å². The number of para-hydroxylation sites is 1. The van der Waals surface area contributed by atoms with Gasteiger partial charge in [-0.05, 0) is 66.6 Å². The van der Waals surface area contributed by atoms with Crippen LogP contribution in [0.15, 0.2) is 84.0 Å². The fourth-order valence-corrected chi connectivity index (χ4v) is 6.04. The molecule has 0 spiro atoms. The van der Waals surface area contributed by atoms with Gasteiger partial charge in [-0.15, -0.1) is 0 Å². The number of aromatic nitrogens is 1. The minimum Gasteiger partial charge on any atom is -0.488 e. The predicted molar refractivity (Wildman–Crippen MR) is 148 cm³/mol. The van der Waals surface area contributed by atoms with Gasteiger partial charge in [0, 0.05) is 11.8 Å². The maximum Gasteiger partial charge on any atom is 0.327 e. The molecule has 2 aliphatic rings. The number of pyridine rings is 1. The zero-order valence-corrected chi connectivity index (χ0v) is 22.0. The van der Waals surface area contributed by atoms with Gasteiger partial charge < -0.3 is 19.9 Å². The molecular weight excluding hydrogens is 528 g/mol. The molecule has 0 radical (unpaired) electrons. The molecule has 0 saturated carbocycles. The van der Waals surface area contributed by atoms with E-state index < -0.39 is 23.3 Å². The monoisotopic (exact) mass is 550 g/mol. The number of aryl methyl sites for hydroxylation is 1. The molecule has 0 aliphatic carbocycles. The summed E-state index contributed by atoms with van der Waals surface area (Å²) in [4.78, 5) is 30.9. The van der Waals surface area contributed by atoms with Crippen LogP contribution < -0.4 is 19.7 Å². The third kappa shape index (κ3) is 4.57. The second-order valence-electron chi connectivity index (χ2n) is 9.28. The number of ether oxygens (including phenoxy) is 2. The summed E-state index contributed by atoms with van der Waals surface area (Å²) < 4.78 is 12.0. The summed E-state index contributed by atoms with van der Waals surface area (Å²) >= 11 is 1.15. The normalized spacial score (nSPS) is 17.0. The van der Waals surface area contributed by atoms with Gasteiger partial charge >= 0.3 is 12.0 Å². The molecule has 3 aromatic carbocycles. The first kappa shape index (κ1) is 25.3. The molecule has 1 aromatic heterocycles. The maximum absolute atomic E-state index is 13.2. The minimum atomic E-state index is -0.993. The molecule has 0 bridgehead atoms. The van der Waals surface area contributed by atoms with Crippen LogP contribution >= 0.6 is 11.8 Å². The SMILES string of the molecule is Cc1cc(Oc2cccc(COc3ccccc3C#N)c2)ccc1N1C(=O)NC2c3c1ccnc3SC2C(=O)O. The molecular formula is C30H22N4O5S. The lowest BCUT2D eigenvalue weighted by Gasteiger charge is -2.34. The number of carboxylic acid groups (broad SMARTS) is 1. The van der Waals surface area contributed by atoms with Crippen LogP contribution in [0.1, 0.15) is 28.3 Å². The summed E-state index contributed by atoms with van der Waals surface area (Å²) in [5.74, 6) is 0.732. The van der Waals surface area contributed by atoms with Crippen LogP contribution in [0.4, 0.5) is 16.2 Å². The summed E-state index contributed by atoms with van der Waals surface area (Å²) in [6, 6.07) is 22.8. The van der Waals surface area contributed by atoms with Crippen molar-refractivity contribution in [2.45, 2.75) is 29.8 Å². The van der Waals surface area contributed by atoms with Crippen molar-refractivity contribution in [2.24, 2.45) is 0 Å². The van der Waals surface area contributed by atoms with Gasteiger partial charge in [0.15, 0.2) is 0 Å². The van der Waals surface area contributed by atoms with Gasteiger partial charge in [0.1, 0.15) is 40.2 Å². The second kappa shape index (κ2) is 10.3. The molecule has 2 atom stereocenters. The van der Waals surface area contributed by atoms with E-state index in [4.69, 9.17) is 9.47 Å². The van der Waals surface area contributed by atoms with Gasteiger partial charge in [-0.3, -0.25) is 9.69 Å². The summed E-state index contributed by atoms with van der Waals surface area (Å²) in [6.45, 7) is 2.16. The van der Waals surface area contributed by atoms with Crippen molar-refractivity contribution in [2.75, 3.05) is 4.90 Å². The molecule has 6 rings (SSSR count). The van der Waals surface area contributed by atoms with Crippen molar-refractivity contribution in [3.63, 3.8) is 0 Å². The van der Waals surface area contributed by atoms with Gasteiger partial charge in [0.05, 0.1) is 23.0 Å². The Morgan fingerprint density at radius 2 is 1.93 bits per heavy atom. The first-order valence-corrected chi connectivity index (χ1v) is 13.3. The highest BCUT2D eigenvalue weighted by Crippen LogP contribution is 2.51. The van der Waals surface area contributed by atoms with Crippen LogP contribution in [0.3, 0.4) is 0 Å². The molecule has 0 fully saturated rings. The van der Waals surface area contributed by atoms with Gasteiger partial charge in [-0.2, -0.15) is 5.26 Å². The highest BCUT2D eigenvalue weighted by Gasteiger charge is 2.46. The Bertz CT molecular complexity index is 1700. The zero-order chi connectivity index (χ0) is 27.8. The van der Waals surface area contributed by atoms with Gasteiger partial charge in [-0.25, -0.2) is 9.78 Å². The summed E-state index contributed by atoms with van der Waals surface area (Å²) in [6.07, 6.45) is 1.59. The molecule has 2 unspecified atom stereocenters. The van der Waals surface area contributed by atoms with E-state index in [1.807, 2.05) is 43.3 Å². The Morgan fingerprint density at radius 1 is 1.10 bits per heavy atom. The number of thioether (sulfide) groups is 1. The lowest BCUT2D eigenvalue weighted by atomic mass is 10.00. The Morgan fingerprint density at radius 3 is 2.73 bits per heavy atom. The van der Waals surface area contributed by atoms with Crippen molar-refractivity contribution >= 4 is 35.1 Å². The fraction of sp³-hybridized carbons (Fsp3) is 0.133. The van der Waals surface area contributed by atoms with E-state index in [0.29, 0.717) is 39.2 Å². The van der Waals surface area contributed by atoms with Crippen LogP contribution in [0.25, 0.3) is 0 Å². The first-order valence-electron chi connectivity index (χ1n) is 12.4. The fourth-order valence-electron chi connectivity index (χ4n) is 4.88. The number of amides is 2. The van der Waals surface area contributed by atoms with Crippen LogP contribution in [0.2, 0.25) is 0 Å². The van der Waals surface area contributed by atoms with Crippen molar-refractivity contribution < 1.29 is 24.2 Å². The molecule has 4 aromatic rings. The van der Waals surface area contributed by atoms with Crippen LogP contribution in [0.5, 0.6) is 17.2 Å². The largest absolute Gasteiger partial charge is 0.488 e. The van der Waals surface area contributed by atoms with Crippen molar-refractivity contribution in [3.05, 3.63) is 101 Å². The molecule has 2 aliphatic heterocycles. The zero-order valence-electron chi connectivity index (χ0n) is 21.2. The number of aliphatic carboxylic acids is 1. The van der Waals surface area contributed by atoms with Crippen LogP contribution in [0, 0.1) is 18.3 Å². The molecule has 2 amide bonds. The number of carbonyl (C=O) groups is 2. The number of nitriles is 1. The number of hydrogen-bond donors (Lipinski definition) is 2. The topological polar surface area (TPSA) is 125 Å². The number of nitrogens with zero attached hydrogens (tertiary/aromatic N) is 3. The van der Waals surface area contributed by atoms with E-state index in [-0.39, 0.29) is 6.61 Å². The number of nitrogens with one attached hydrogen (secondary N) is 1. The molecule has 0 saturated heterocycles.